The highest BCUT2D eigenvalue weighted by atomic mass is 15.2. The molecule has 0 atom stereocenters. The van der Waals surface area contributed by atoms with Crippen LogP contribution in [0.15, 0.2) is 24.4 Å². The van der Waals surface area contributed by atoms with E-state index in [-0.39, 0.29) is 11.4 Å². The molecule has 1 aromatic heterocycles. The lowest BCUT2D eigenvalue weighted by Crippen LogP contribution is -2.11. The number of hydrogen-bond acceptors (Lipinski definition) is 4. The summed E-state index contributed by atoms with van der Waals surface area (Å²) in [5, 5.41) is 7.50. The number of anilines is 1. The molecule has 0 radical (unpaired) electrons. The van der Waals surface area contributed by atoms with E-state index in [1.807, 2.05) is 0 Å². The SMILES string of the molecule is Cc1cc(C(C)(C)C)ccc1-c1cnnc(N)n1. The van der Waals surface area contributed by atoms with E-state index in [0.29, 0.717) is 0 Å². The zero-order chi connectivity index (χ0) is 13.3. The Kier molecular flexibility index (Phi) is 3.03. The van der Waals surface area contributed by atoms with Gasteiger partial charge in [-0.3, -0.25) is 0 Å². The fraction of sp³-hybridized carbons (Fsp3) is 0.357. The molecule has 1 aromatic carbocycles. The Labute approximate surface area is 107 Å². The van der Waals surface area contributed by atoms with Crippen LogP contribution in [0.4, 0.5) is 5.95 Å². The van der Waals surface area contributed by atoms with E-state index in [9.17, 15) is 0 Å². The first-order chi connectivity index (χ1) is 8.38. The van der Waals surface area contributed by atoms with Crippen molar-refractivity contribution in [3.8, 4) is 11.3 Å². The maximum atomic E-state index is 5.56. The van der Waals surface area contributed by atoms with Crippen LogP contribution in [-0.2, 0) is 5.41 Å². The van der Waals surface area contributed by atoms with Crippen molar-refractivity contribution in [2.24, 2.45) is 0 Å². The Bertz CT molecular complexity index is 570. The fourth-order valence-corrected chi connectivity index (χ4v) is 1.86. The molecule has 0 aliphatic carbocycles. The van der Waals surface area contributed by atoms with Gasteiger partial charge in [0.2, 0.25) is 5.95 Å². The largest absolute Gasteiger partial charge is 0.366 e. The van der Waals surface area contributed by atoms with Crippen molar-refractivity contribution in [1.29, 1.82) is 0 Å². The van der Waals surface area contributed by atoms with E-state index in [0.717, 1.165) is 11.3 Å². The molecule has 4 nitrogen and oxygen atoms in total. The molecule has 0 bridgehead atoms. The molecule has 94 valence electrons. The van der Waals surface area contributed by atoms with Gasteiger partial charge in [-0.25, -0.2) is 4.98 Å². The van der Waals surface area contributed by atoms with Crippen molar-refractivity contribution < 1.29 is 0 Å². The first-order valence-electron chi connectivity index (χ1n) is 5.94. The molecule has 0 saturated heterocycles. The molecule has 0 fully saturated rings. The Morgan fingerprint density at radius 1 is 1.17 bits per heavy atom. The number of nitrogens with two attached hydrogens (primary N) is 1. The van der Waals surface area contributed by atoms with Crippen LogP contribution in [-0.4, -0.2) is 15.2 Å². The molecule has 0 unspecified atom stereocenters. The van der Waals surface area contributed by atoms with Crippen LogP contribution < -0.4 is 5.73 Å². The normalized spacial score (nSPS) is 11.6. The van der Waals surface area contributed by atoms with Crippen molar-refractivity contribution in [3.05, 3.63) is 35.5 Å². The summed E-state index contributed by atoms with van der Waals surface area (Å²) < 4.78 is 0. The van der Waals surface area contributed by atoms with Gasteiger partial charge in [-0.2, -0.15) is 5.10 Å². The van der Waals surface area contributed by atoms with Crippen molar-refractivity contribution >= 4 is 5.95 Å². The number of nitrogens with zero attached hydrogens (tertiary/aromatic N) is 3. The maximum absolute atomic E-state index is 5.56. The van der Waals surface area contributed by atoms with Crippen LogP contribution in [0, 0.1) is 6.92 Å². The fourth-order valence-electron chi connectivity index (χ4n) is 1.86. The summed E-state index contributed by atoms with van der Waals surface area (Å²) in [4.78, 5) is 4.20. The van der Waals surface area contributed by atoms with E-state index in [1.54, 1.807) is 6.20 Å². The average molecular weight is 242 g/mol. The second-order valence-electron chi connectivity index (χ2n) is 5.48. The van der Waals surface area contributed by atoms with E-state index >= 15 is 0 Å². The van der Waals surface area contributed by atoms with Gasteiger partial charge >= 0.3 is 0 Å². The molecular weight excluding hydrogens is 224 g/mol. The van der Waals surface area contributed by atoms with Crippen LogP contribution >= 0.6 is 0 Å². The quantitative estimate of drug-likeness (QED) is 0.835. The lowest BCUT2D eigenvalue weighted by molar-refractivity contribution is 0.590. The number of aromatic nitrogens is 3. The third-order valence-electron chi connectivity index (χ3n) is 2.94. The molecule has 2 aromatic rings. The highest BCUT2D eigenvalue weighted by Gasteiger charge is 2.15. The van der Waals surface area contributed by atoms with Gasteiger partial charge < -0.3 is 5.73 Å². The molecule has 1 heterocycles. The Hall–Kier alpha value is -1.97. The number of nitrogen functional groups attached to an aromatic ring is 1. The molecule has 0 amide bonds. The van der Waals surface area contributed by atoms with E-state index in [1.165, 1.54) is 11.1 Å². The summed E-state index contributed by atoms with van der Waals surface area (Å²) in [6.07, 6.45) is 1.63. The van der Waals surface area contributed by atoms with E-state index in [2.05, 4.69) is 61.1 Å². The van der Waals surface area contributed by atoms with Crippen molar-refractivity contribution in [2.75, 3.05) is 5.73 Å². The van der Waals surface area contributed by atoms with Crippen molar-refractivity contribution in [2.45, 2.75) is 33.1 Å². The summed E-state index contributed by atoms with van der Waals surface area (Å²) in [6, 6.07) is 6.38. The minimum atomic E-state index is 0.145. The molecule has 0 aliphatic rings. The molecule has 2 N–H and O–H groups in total. The van der Waals surface area contributed by atoms with Gasteiger partial charge in [0.05, 0.1) is 11.9 Å². The van der Waals surface area contributed by atoms with Crippen LogP contribution in [0.5, 0.6) is 0 Å². The predicted molar refractivity (Wildman–Crippen MR) is 73.1 cm³/mol. The first-order valence-corrected chi connectivity index (χ1v) is 5.94. The lowest BCUT2D eigenvalue weighted by Gasteiger charge is -2.20. The number of aryl methyl sites for hydroxylation is 1. The molecule has 0 spiro atoms. The molecule has 2 rings (SSSR count). The monoisotopic (exact) mass is 242 g/mol. The minimum Gasteiger partial charge on any atom is -0.366 e. The Morgan fingerprint density at radius 2 is 1.89 bits per heavy atom. The van der Waals surface area contributed by atoms with Crippen LogP contribution in [0.3, 0.4) is 0 Å². The van der Waals surface area contributed by atoms with Crippen LogP contribution in [0.25, 0.3) is 11.3 Å². The van der Waals surface area contributed by atoms with Crippen molar-refractivity contribution in [3.63, 3.8) is 0 Å². The molecule has 0 aliphatic heterocycles. The maximum Gasteiger partial charge on any atom is 0.240 e. The molecule has 18 heavy (non-hydrogen) atoms. The number of benzene rings is 1. The zero-order valence-electron chi connectivity index (χ0n) is 11.2. The zero-order valence-corrected chi connectivity index (χ0v) is 11.2. The predicted octanol–water partition coefficient (Wildman–Crippen LogP) is 2.73. The van der Waals surface area contributed by atoms with E-state index < -0.39 is 0 Å². The second-order valence-corrected chi connectivity index (χ2v) is 5.48. The van der Waals surface area contributed by atoms with E-state index in [4.69, 9.17) is 5.73 Å². The number of rotatable bonds is 1. The van der Waals surface area contributed by atoms with Gasteiger partial charge in [0.15, 0.2) is 0 Å². The van der Waals surface area contributed by atoms with Crippen molar-refractivity contribution in [1.82, 2.24) is 15.2 Å². The Balaban J connectivity index is 2.48. The highest BCUT2D eigenvalue weighted by molar-refractivity contribution is 5.64. The lowest BCUT2D eigenvalue weighted by atomic mass is 9.85. The third kappa shape index (κ3) is 2.47. The standard InChI is InChI=1S/C14H18N4/c1-9-7-10(14(2,3)4)5-6-11(9)12-8-16-18-13(15)17-12/h5-8H,1-4H3,(H2,15,17,18). The van der Waals surface area contributed by atoms with Gasteiger partial charge in [-0.05, 0) is 23.5 Å². The summed E-state index contributed by atoms with van der Waals surface area (Å²) in [5.74, 6) is 0.201. The van der Waals surface area contributed by atoms with Gasteiger partial charge in [0.1, 0.15) is 0 Å². The average Bonchev–Trinajstić information content (AvgIpc) is 2.27. The topological polar surface area (TPSA) is 64.7 Å². The molecule has 4 heteroatoms. The van der Waals surface area contributed by atoms with Gasteiger partial charge in [-0.15, -0.1) is 5.10 Å². The summed E-state index contributed by atoms with van der Waals surface area (Å²) in [7, 11) is 0. The summed E-state index contributed by atoms with van der Waals surface area (Å²) in [6.45, 7) is 8.67. The number of hydrogen-bond donors (Lipinski definition) is 1. The van der Waals surface area contributed by atoms with Gasteiger partial charge in [-0.1, -0.05) is 39.0 Å². The molecule has 0 saturated carbocycles. The summed E-state index contributed by atoms with van der Waals surface area (Å²) >= 11 is 0. The minimum absolute atomic E-state index is 0.145. The van der Waals surface area contributed by atoms with Gasteiger partial charge in [0, 0.05) is 5.56 Å². The second kappa shape index (κ2) is 4.37. The van der Waals surface area contributed by atoms with Gasteiger partial charge in [0.25, 0.3) is 0 Å². The highest BCUT2D eigenvalue weighted by Crippen LogP contribution is 2.28. The summed E-state index contributed by atoms with van der Waals surface area (Å²) in [5.41, 5.74) is 9.99. The third-order valence-corrected chi connectivity index (χ3v) is 2.94. The van der Waals surface area contributed by atoms with Crippen LogP contribution in [0.1, 0.15) is 31.9 Å². The molecular formula is C14H18N4. The Morgan fingerprint density at radius 3 is 2.44 bits per heavy atom. The first kappa shape index (κ1) is 12.5. The van der Waals surface area contributed by atoms with Crippen LogP contribution in [0.2, 0.25) is 0 Å². The smallest absolute Gasteiger partial charge is 0.240 e.